The number of sulfonamides is 1. The summed E-state index contributed by atoms with van der Waals surface area (Å²) < 4.78 is 31.8. The van der Waals surface area contributed by atoms with Gasteiger partial charge in [-0.2, -0.15) is 4.31 Å². The van der Waals surface area contributed by atoms with Crippen LogP contribution in [0.15, 0.2) is 52.2 Å². The largest absolute Gasteiger partial charge is 0.465 e. The minimum Gasteiger partial charge on any atom is -0.465 e. The maximum atomic E-state index is 12.8. The number of ether oxygens (including phenoxy) is 1. The summed E-state index contributed by atoms with van der Waals surface area (Å²) in [5.41, 5.74) is 0.408. The number of H-pyrrole nitrogens is 1. The lowest BCUT2D eigenvalue weighted by molar-refractivity contribution is 0.0601. The van der Waals surface area contributed by atoms with Crippen molar-refractivity contribution in [3.05, 3.63) is 69.2 Å². The van der Waals surface area contributed by atoms with E-state index < -0.39 is 16.0 Å². The Kier molecular flexibility index (Phi) is 6.29. The second-order valence-electron chi connectivity index (χ2n) is 7.37. The highest BCUT2D eigenvalue weighted by molar-refractivity contribution is 7.89. The number of fused-ring (bicyclic) bond motifs is 1. The Morgan fingerprint density at radius 2 is 1.81 bits per heavy atom. The molecule has 0 aliphatic carbocycles. The first-order valence-electron chi connectivity index (χ1n) is 9.87. The van der Waals surface area contributed by atoms with Gasteiger partial charge >= 0.3 is 5.97 Å². The van der Waals surface area contributed by atoms with Crippen LogP contribution in [0.2, 0.25) is 5.02 Å². The van der Waals surface area contributed by atoms with E-state index in [9.17, 15) is 18.0 Å². The molecule has 1 aromatic heterocycles. The highest BCUT2D eigenvalue weighted by atomic mass is 35.5. The van der Waals surface area contributed by atoms with E-state index in [1.165, 1.54) is 41.7 Å². The summed E-state index contributed by atoms with van der Waals surface area (Å²) in [6.45, 7) is 1.94. The van der Waals surface area contributed by atoms with Crippen LogP contribution in [-0.2, 0) is 21.3 Å². The monoisotopic (exact) mass is 476 g/mol. The molecule has 1 fully saturated rings. The molecule has 0 atom stereocenters. The molecule has 1 N–H and O–H groups in total. The van der Waals surface area contributed by atoms with Gasteiger partial charge in [0.1, 0.15) is 5.82 Å². The Hall–Kier alpha value is -2.79. The fraction of sp³-hybridized carbons (Fsp3) is 0.286. The molecular formula is C21H21ClN4O5S. The van der Waals surface area contributed by atoms with Crippen molar-refractivity contribution in [2.24, 2.45) is 0 Å². The first kappa shape index (κ1) is 22.4. The summed E-state index contributed by atoms with van der Waals surface area (Å²) in [5.74, 6) is -0.0629. The third kappa shape index (κ3) is 4.53. The molecule has 2 aromatic carbocycles. The maximum Gasteiger partial charge on any atom is 0.337 e. The molecule has 2 heterocycles. The standard InChI is InChI=1S/C21H21ClN4O5S/c1-31-21(28)14-2-7-17-18(12-14)23-19(24-20(17)27)13-25-8-10-26(11-9-25)32(29,30)16-5-3-15(22)4-6-16/h2-7,12H,8-11,13H2,1H3,(H,23,24,27). The van der Waals surface area contributed by atoms with Crippen LogP contribution in [0.4, 0.5) is 0 Å². The summed E-state index contributed by atoms with van der Waals surface area (Å²) in [7, 11) is -2.31. The zero-order valence-electron chi connectivity index (χ0n) is 17.2. The van der Waals surface area contributed by atoms with Crippen LogP contribution < -0.4 is 5.56 Å². The number of hydrogen-bond donors (Lipinski definition) is 1. The van der Waals surface area contributed by atoms with E-state index in [-0.39, 0.29) is 10.5 Å². The zero-order valence-corrected chi connectivity index (χ0v) is 18.8. The second-order valence-corrected chi connectivity index (χ2v) is 9.74. The Morgan fingerprint density at radius 3 is 2.47 bits per heavy atom. The summed E-state index contributed by atoms with van der Waals surface area (Å²) in [6.07, 6.45) is 0. The quantitative estimate of drug-likeness (QED) is 0.559. The molecule has 1 saturated heterocycles. The van der Waals surface area contributed by atoms with E-state index in [4.69, 9.17) is 16.3 Å². The van der Waals surface area contributed by atoms with Gasteiger partial charge in [0.05, 0.1) is 35.0 Å². The van der Waals surface area contributed by atoms with Gasteiger partial charge in [0.25, 0.3) is 5.56 Å². The number of aromatic nitrogens is 2. The van der Waals surface area contributed by atoms with Crippen molar-refractivity contribution in [1.29, 1.82) is 0 Å². The second kappa shape index (κ2) is 8.99. The number of piperazine rings is 1. The van der Waals surface area contributed by atoms with Crippen molar-refractivity contribution in [3.8, 4) is 0 Å². The van der Waals surface area contributed by atoms with Gasteiger partial charge in [0, 0.05) is 31.2 Å². The van der Waals surface area contributed by atoms with E-state index in [0.29, 0.717) is 60.0 Å². The Morgan fingerprint density at radius 1 is 1.12 bits per heavy atom. The molecule has 1 aliphatic heterocycles. The fourth-order valence-corrected chi connectivity index (χ4v) is 5.15. The lowest BCUT2D eigenvalue weighted by Crippen LogP contribution is -2.48. The number of nitrogens with zero attached hydrogens (tertiary/aromatic N) is 3. The highest BCUT2D eigenvalue weighted by Gasteiger charge is 2.28. The first-order chi connectivity index (χ1) is 15.3. The van der Waals surface area contributed by atoms with Gasteiger partial charge in [-0.15, -0.1) is 0 Å². The summed E-state index contributed by atoms with van der Waals surface area (Å²) in [5, 5.41) is 0.852. The number of rotatable bonds is 5. The third-order valence-electron chi connectivity index (χ3n) is 5.33. The molecule has 9 nitrogen and oxygen atoms in total. The minimum absolute atomic E-state index is 0.206. The fourth-order valence-electron chi connectivity index (χ4n) is 3.60. The molecule has 0 saturated carbocycles. The van der Waals surface area contributed by atoms with Gasteiger partial charge < -0.3 is 9.72 Å². The zero-order chi connectivity index (χ0) is 22.9. The van der Waals surface area contributed by atoms with Crippen molar-refractivity contribution < 1.29 is 17.9 Å². The average Bonchev–Trinajstić information content (AvgIpc) is 2.79. The SMILES string of the molecule is COC(=O)c1ccc2c(=O)[nH]c(CN3CCN(S(=O)(=O)c4ccc(Cl)cc4)CC3)nc2c1. The number of carbonyl (C=O) groups is 1. The number of nitrogens with one attached hydrogen (secondary N) is 1. The van der Waals surface area contributed by atoms with Crippen molar-refractivity contribution in [1.82, 2.24) is 19.2 Å². The molecular weight excluding hydrogens is 456 g/mol. The molecule has 11 heteroatoms. The molecule has 32 heavy (non-hydrogen) atoms. The van der Waals surface area contributed by atoms with E-state index in [2.05, 4.69) is 9.97 Å². The van der Waals surface area contributed by atoms with Crippen molar-refractivity contribution in [2.75, 3.05) is 33.3 Å². The average molecular weight is 477 g/mol. The van der Waals surface area contributed by atoms with Crippen LogP contribution in [0, 0.1) is 0 Å². The van der Waals surface area contributed by atoms with Gasteiger partial charge in [-0.05, 0) is 42.5 Å². The Bertz CT molecular complexity index is 1320. The number of esters is 1. The van der Waals surface area contributed by atoms with Crippen molar-refractivity contribution in [2.45, 2.75) is 11.4 Å². The van der Waals surface area contributed by atoms with Gasteiger partial charge in [-0.3, -0.25) is 9.69 Å². The van der Waals surface area contributed by atoms with Crippen LogP contribution in [-0.4, -0.2) is 66.8 Å². The molecule has 0 bridgehead atoms. The van der Waals surface area contributed by atoms with E-state index in [0.717, 1.165) is 0 Å². The van der Waals surface area contributed by atoms with Gasteiger partial charge in [-0.25, -0.2) is 18.2 Å². The van der Waals surface area contributed by atoms with Crippen LogP contribution >= 0.6 is 11.6 Å². The van der Waals surface area contributed by atoms with Crippen LogP contribution in [0.5, 0.6) is 0 Å². The van der Waals surface area contributed by atoms with Crippen molar-refractivity contribution in [3.63, 3.8) is 0 Å². The predicted octanol–water partition coefficient (Wildman–Crippen LogP) is 1.87. The minimum atomic E-state index is -3.60. The molecule has 0 radical (unpaired) electrons. The Balaban J connectivity index is 1.47. The van der Waals surface area contributed by atoms with E-state index in [1.807, 2.05) is 4.90 Å². The van der Waals surface area contributed by atoms with Gasteiger partial charge in [0.15, 0.2) is 0 Å². The molecule has 0 unspecified atom stereocenters. The molecule has 4 rings (SSSR count). The predicted molar refractivity (Wildman–Crippen MR) is 119 cm³/mol. The number of aromatic amines is 1. The molecule has 168 valence electrons. The third-order valence-corrected chi connectivity index (χ3v) is 7.50. The molecule has 0 amide bonds. The molecule has 3 aromatic rings. The molecule has 0 spiro atoms. The smallest absolute Gasteiger partial charge is 0.337 e. The number of methoxy groups -OCH3 is 1. The van der Waals surface area contributed by atoms with E-state index in [1.54, 1.807) is 12.1 Å². The van der Waals surface area contributed by atoms with Crippen LogP contribution in [0.25, 0.3) is 10.9 Å². The normalized spacial score (nSPS) is 15.7. The number of carbonyl (C=O) groups excluding carboxylic acids is 1. The summed E-state index contributed by atoms with van der Waals surface area (Å²) in [6, 6.07) is 10.7. The lowest BCUT2D eigenvalue weighted by Gasteiger charge is -2.33. The summed E-state index contributed by atoms with van der Waals surface area (Å²) >= 11 is 5.85. The van der Waals surface area contributed by atoms with Crippen LogP contribution in [0.1, 0.15) is 16.2 Å². The summed E-state index contributed by atoms with van der Waals surface area (Å²) in [4.78, 5) is 33.7. The lowest BCUT2D eigenvalue weighted by atomic mass is 10.1. The maximum absolute atomic E-state index is 12.8. The number of benzene rings is 2. The Labute approximate surface area is 189 Å². The van der Waals surface area contributed by atoms with Crippen LogP contribution in [0.3, 0.4) is 0 Å². The van der Waals surface area contributed by atoms with Gasteiger partial charge in [0.2, 0.25) is 10.0 Å². The first-order valence-corrected chi connectivity index (χ1v) is 11.7. The number of halogens is 1. The highest BCUT2D eigenvalue weighted by Crippen LogP contribution is 2.20. The topological polar surface area (TPSA) is 113 Å². The molecule has 1 aliphatic rings. The van der Waals surface area contributed by atoms with Gasteiger partial charge in [-0.1, -0.05) is 11.6 Å². The van der Waals surface area contributed by atoms with E-state index >= 15 is 0 Å². The van der Waals surface area contributed by atoms with Crippen molar-refractivity contribution >= 4 is 38.5 Å². The number of hydrogen-bond acceptors (Lipinski definition) is 7.